The normalized spacial score (nSPS) is 24.5. The summed E-state index contributed by atoms with van der Waals surface area (Å²) in [6.07, 6.45) is 39.9. The zero-order valence-electron chi connectivity index (χ0n) is 47.9. The second-order valence-corrected chi connectivity index (χ2v) is 21.5. The van der Waals surface area contributed by atoms with E-state index in [1.165, 1.54) is 135 Å². The Morgan fingerprint density at radius 3 is 1.25 bits per heavy atom. The minimum absolute atomic E-state index is 0.128. The molecule has 0 saturated carbocycles. The average molecular weight is 1100 g/mol. The quantitative estimate of drug-likeness (QED) is 0.0171. The van der Waals surface area contributed by atoms with Crippen molar-refractivity contribution in [3.8, 4) is 0 Å². The third-order valence-corrected chi connectivity index (χ3v) is 14.6. The molecule has 2 aliphatic rings. The van der Waals surface area contributed by atoms with E-state index in [0.29, 0.717) is 12.8 Å². The zero-order valence-corrected chi connectivity index (χ0v) is 47.9. The van der Waals surface area contributed by atoms with Crippen LogP contribution in [-0.2, 0) is 38.0 Å². The highest BCUT2D eigenvalue weighted by Gasteiger charge is 2.47. The summed E-state index contributed by atoms with van der Waals surface area (Å²) in [5, 5.41) is 72.4. The molecule has 0 spiro atoms. The van der Waals surface area contributed by atoms with Crippen molar-refractivity contribution in [1.82, 2.24) is 0 Å². The first-order valence-electron chi connectivity index (χ1n) is 30.7. The first-order chi connectivity index (χ1) is 37.5. The van der Waals surface area contributed by atoms with Gasteiger partial charge in [0.05, 0.1) is 19.8 Å². The molecule has 15 nitrogen and oxygen atoms in total. The molecular formula is C62H110O15. The van der Waals surface area contributed by atoms with Crippen molar-refractivity contribution in [3.05, 3.63) is 48.6 Å². The van der Waals surface area contributed by atoms with Crippen molar-refractivity contribution in [2.45, 2.75) is 306 Å². The molecule has 0 aromatic heterocycles. The molecule has 0 aliphatic carbocycles. The van der Waals surface area contributed by atoms with Gasteiger partial charge in [-0.15, -0.1) is 0 Å². The van der Waals surface area contributed by atoms with Gasteiger partial charge in [-0.2, -0.15) is 0 Å². The fraction of sp³-hybridized carbons (Fsp3) is 0.839. The lowest BCUT2D eigenvalue weighted by Crippen LogP contribution is -2.61. The number of carbonyl (C=O) groups is 2. The van der Waals surface area contributed by atoms with Crippen molar-refractivity contribution in [3.63, 3.8) is 0 Å². The van der Waals surface area contributed by atoms with Crippen LogP contribution in [0.5, 0.6) is 0 Å². The van der Waals surface area contributed by atoms with Gasteiger partial charge >= 0.3 is 11.9 Å². The minimum Gasteiger partial charge on any atom is -0.462 e. The number of hydrogen-bond acceptors (Lipinski definition) is 15. The van der Waals surface area contributed by atoms with E-state index in [1.807, 2.05) is 0 Å². The summed E-state index contributed by atoms with van der Waals surface area (Å²) >= 11 is 0. The van der Waals surface area contributed by atoms with Crippen LogP contribution in [0.1, 0.15) is 239 Å². The number of aliphatic hydroxyl groups is 7. The van der Waals surface area contributed by atoms with Gasteiger partial charge in [0, 0.05) is 12.8 Å². The molecule has 7 N–H and O–H groups in total. The summed E-state index contributed by atoms with van der Waals surface area (Å²) in [5.74, 6) is -0.952. The standard InChI is InChI=1S/C62H110O15/c1-3-5-7-9-11-13-15-17-19-21-23-24-25-27-28-30-32-34-36-38-40-42-44-53(64)72-47-50(75-54(65)45-43-41-39-37-35-33-31-29-26-22-20-18-16-14-12-10-8-6-4-2)48-73-61-60(71)58(69)56(67)52(77-61)49-74-62-59(70)57(68)55(66)51(46-63)76-62/h12,14,18,20,26,29,33,35,50-52,55-63,66-71H,3-11,13,15-17,19,21-25,27-28,30-32,34,36-49H2,1-2H3/b14-12+,20-18+,29-26+,35-33+/t50-,51+,52+,55-,56-,57?,58?,59?,60?,61+,62+/m0/s1. The summed E-state index contributed by atoms with van der Waals surface area (Å²) in [6.45, 7) is 2.57. The number of unbranched alkanes of at least 4 members (excludes halogenated alkanes) is 27. The molecule has 0 aromatic carbocycles. The maximum absolute atomic E-state index is 13.1. The maximum Gasteiger partial charge on any atom is 0.306 e. The highest BCUT2D eigenvalue weighted by molar-refractivity contribution is 5.70. The van der Waals surface area contributed by atoms with Gasteiger partial charge in [-0.05, 0) is 57.8 Å². The lowest BCUT2D eigenvalue weighted by atomic mass is 9.98. The molecule has 2 heterocycles. The molecule has 15 heteroatoms. The van der Waals surface area contributed by atoms with Crippen LogP contribution < -0.4 is 0 Å². The molecule has 2 aliphatic heterocycles. The fourth-order valence-corrected chi connectivity index (χ4v) is 9.56. The predicted molar refractivity (Wildman–Crippen MR) is 303 cm³/mol. The van der Waals surface area contributed by atoms with Gasteiger partial charge in [0.1, 0.15) is 55.4 Å². The predicted octanol–water partition coefficient (Wildman–Crippen LogP) is 11.0. The molecule has 77 heavy (non-hydrogen) atoms. The number of hydrogen-bond donors (Lipinski definition) is 7. The largest absolute Gasteiger partial charge is 0.462 e. The van der Waals surface area contributed by atoms with Crippen molar-refractivity contribution in [2.24, 2.45) is 0 Å². The summed E-state index contributed by atoms with van der Waals surface area (Å²) < 4.78 is 33.7. The smallest absolute Gasteiger partial charge is 0.306 e. The number of rotatable bonds is 49. The van der Waals surface area contributed by atoms with Gasteiger partial charge in [-0.25, -0.2) is 0 Å². The van der Waals surface area contributed by atoms with Gasteiger partial charge in [-0.1, -0.05) is 217 Å². The van der Waals surface area contributed by atoms with E-state index >= 15 is 0 Å². The highest BCUT2D eigenvalue weighted by atomic mass is 16.7. The summed E-state index contributed by atoms with van der Waals surface area (Å²) in [5.41, 5.74) is 0. The molecule has 11 atom stereocenters. The van der Waals surface area contributed by atoms with Crippen LogP contribution in [0.25, 0.3) is 0 Å². The third-order valence-electron chi connectivity index (χ3n) is 14.6. The summed E-state index contributed by atoms with van der Waals surface area (Å²) in [6, 6.07) is 0. The van der Waals surface area contributed by atoms with E-state index in [9.17, 15) is 45.3 Å². The molecule has 0 bridgehead atoms. The Morgan fingerprint density at radius 1 is 0.416 bits per heavy atom. The third kappa shape index (κ3) is 35.0. The Hall–Kier alpha value is -2.54. The Bertz CT molecular complexity index is 1520. The SMILES string of the molecule is CCCCC/C=C/C/C=C/C/C=C/C/C=C/CCCCCC(=O)O[C@@H](COC(=O)CCCCCCCCCCCCCCCCCCCCCCCC)CO[C@@H]1O[C@H](CO[C@@H]2O[C@H](CO)[C@H](O)C(O)C2O)[C@H](O)C(O)C1O. The van der Waals surface area contributed by atoms with Crippen LogP contribution in [0.4, 0.5) is 0 Å². The molecule has 2 rings (SSSR count). The number of ether oxygens (including phenoxy) is 6. The van der Waals surface area contributed by atoms with E-state index in [4.69, 9.17) is 28.4 Å². The topological polar surface area (TPSA) is 231 Å². The molecule has 0 amide bonds. The maximum atomic E-state index is 13.1. The highest BCUT2D eigenvalue weighted by Crippen LogP contribution is 2.27. The van der Waals surface area contributed by atoms with Crippen LogP contribution in [-0.4, -0.2) is 142 Å². The summed E-state index contributed by atoms with van der Waals surface area (Å²) in [7, 11) is 0. The Balaban J connectivity index is 1.74. The van der Waals surface area contributed by atoms with Gasteiger partial charge < -0.3 is 64.2 Å². The lowest BCUT2D eigenvalue weighted by molar-refractivity contribution is -0.332. The summed E-state index contributed by atoms with van der Waals surface area (Å²) in [4.78, 5) is 25.9. The molecular weight excluding hydrogens is 985 g/mol. The van der Waals surface area contributed by atoms with Gasteiger partial charge in [0.15, 0.2) is 18.7 Å². The Morgan fingerprint density at radius 2 is 0.779 bits per heavy atom. The second-order valence-electron chi connectivity index (χ2n) is 21.5. The van der Waals surface area contributed by atoms with Crippen LogP contribution in [0.2, 0.25) is 0 Å². The molecule has 0 radical (unpaired) electrons. The molecule has 448 valence electrons. The first kappa shape index (κ1) is 70.6. The molecule has 2 saturated heterocycles. The van der Waals surface area contributed by atoms with E-state index in [2.05, 4.69) is 62.5 Å². The van der Waals surface area contributed by atoms with Crippen LogP contribution in [0.15, 0.2) is 48.6 Å². The van der Waals surface area contributed by atoms with Crippen molar-refractivity contribution >= 4 is 11.9 Å². The van der Waals surface area contributed by atoms with Gasteiger partial charge in [0.25, 0.3) is 0 Å². The number of carbonyl (C=O) groups excluding carboxylic acids is 2. The van der Waals surface area contributed by atoms with E-state index < -0.39 is 99.3 Å². The fourth-order valence-electron chi connectivity index (χ4n) is 9.56. The average Bonchev–Trinajstić information content (AvgIpc) is 3.43. The van der Waals surface area contributed by atoms with Crippen molar-refractivity contribution < 1.29 is 73.8 Å². The van der Waals surface area contributed by atoms with Crippen LogP contribution >= 0.6 is 0 Å². The minimum atomic E-state index is -1.77. The van der Waals surface area contributed by atoms with Crippen molar-refractivity contribution in [1.29, 1.82) is 0 Å². The zero-order chi connectivity index (χ0) is 56.0. The Kier molecular flexibility index (Phi) is 44.2. The second kappa shape index (κ2) is 48.2. The first-order valence-corrected chi connectivity index (χ1v) is 30.7. The van der Waals surface area contributed by atoms with E-state index in [1.54, 1.807) is 0 Å². The van der Waals surface area contributed by atoms with Crippen molar-refractivity contribution in [2.75, 3.05) is 26.4 Å². The van der Waals surface area contributed by atoms with Gasteiger partial charge in [-0.3, -0.25) is 9.59 Å². The van der Waals surface area contributed by atoms with Crippen LogP contribution in [0, 0.1) is 0 Å². The Labute approximate surface area is 465 Å². The molecule has 0 aromatic rings. The molecule has 2 fully saturated rings. The van der Waals surface area contributed by atoms with Gasteiger partial charge in [0.2, 0.25) is 0 Å². The number of allylic oxidation sites excluding steroid dienone is 8. The van der Waals surface area contributed by atoms with Crippen LogP contribution in [0.3, 0.4) is 0 Å². The van der Waals surface area contributed by atoms with E-state index in [-0.39, 0.29) is 19.4 Å². The lowest BCUT2D eigenvalue weighted by Gasteiger charge is -2.42. The number of esters is 2. The molecule has 4 unspecified atom stereocenters. The monoisotopic (exact) mass is 1090 g/mol. The van der Waals surface area contributed by atoms with E-state index in [0.717, 1.165) is 64.2 Å². The number of aliphatic hydroxyl groups excluding tert-OH is 7.